The van der Waals surface area contributed by atoms with Gasteiger partial charge in [0.05, 0.1) is 25.2 Å². The normalized spacial score (nSPS) is 22.6. The zero-order valence-electron chi connectivity index (χ0n) is 16.3. The summed E-state index contributed by atoms with van der Waals surface area (Å²) in [5.41, 5.74) is 2.48. The van der Waals surface area contributed by atoms with E-state index >= 15 is 0 Å². The molecule has 5 nitrogen and oxygen atoms in total. The molecule has 1 aliphatic carbocycles. The summed E-state index contributed by atoms with van der Waals surface area (Å²) in [6.45, 7) is 2.30. The molecule has 2 aromatic carbocycles. The van der Waals surface area contributed by atoms with E-state index in [2.05, 4.69) is 28.8 Å². The van der Waals surface area contributed by atoms with Crippen LogP contribution in [0.25, 0.3) is 0 Å². The fourth-order valence-corrected chi connectivity index (χ4v) is 4.82. The molecule has 1 spiro atoms. The largest absolute Gasteiger partial charge is 0.493 e. The Kier molecular flexibility index (Phi) is 5.64. The summed E-state index contributed by atoms with van der Waals surface area (Å²) in [4.78, 5) is 12.7. The van der Waals surface area contributed by atoms with E-state index < -0.39 is 0 Å². The number of benzene rings is 2. The molecular formula is C23H28N2O3. The predicted molar refractivity (Wildman–Crippen MR) is 108 cm³/mol. The monoisotopic (exact) mass is 380 g/mol. The highest BCUT2D eigenvalue weighted by Crippen LogP contribution is 2.51. The van der Waals surface area contributed by atoms with Gasteiger partial charge >= 0.3 is 0 Å². The van der Waals surface area contributed by atoms with Gasteiger partial charge in [-0.05, 0) is 49.2 Å². The highest BCUT2D eigenvalue weighted by atomic mass is 16.5. The van der Waals surface area contributed by atoms with E-state index in [1.54, 1.807) is 7.11 Å². The Morgan fingerprint density at radius 2 is 1.82 bits per heavy atom. The van der Waals surface area contributed by atoms with Crippen molar-refractivity contribution in [3.63, 3.8) is 0 Å². The lowest BCUT2D eigenvalue weighted by molar-refractivity contribution is -0.123. The molecule has 0 unspecified atom stereocenters. The first kappa shape index (κ1) is 19.0. The van der Waals surface area contributed by atoms with Crippen molar-refractivity contribution in [2.45, 2.75) is 36.8 Å². The minimum absolute atomic E-state index is 0.0104. The quantitative estimate of drug-likeness (QED) is 0.809. The molecule has 2 aliphatic rings. The second-order valence-electron chi connectivity index (χ2n) is 7.61. The number of hydrogen-bond acceptors (Lipinski definition) is 4. The van der Waals surface area contributed by atoms with Gasteiger partial charge in [-0.25, -0.2) is 0 Å². The van der Waals surface area contributed by atoms with E-state index in [4.69, 9.17) is 9.47 Å². The van der Waals surface area contributed by atoms with Crippen LogP contribution >= 0.6 is 0 Å². The zero-order valence-corrected chi connectivity index (χ0v) is 16.3. The first-order chi connectivity index (χ1) is 13.7. The number of piperidine rings is 1. The van der Waals surface area contributed by atoms with Crippen LogP contribution in [0.5, 0.6) is 5.75 Å². The Morgan fingerprint density at radius 3 is 2.57 bits per heavy atom. The van der Waals surface area contributed by atoms with Crippen LogP contribution in [0.1, 0.15) is 36.4 Å². The van der Waals surface area contributed by atoms with Gasteiger partial charge in [-0.15, -0.1) is 0 Å². The third-order valence-electron chi connectivity index (χ3n) is 6.09. The number of hydrogen-bond donors (Lipinski definition) is 2. The Bertz CT molecular complexity index is 803. The number of rotatable bonds is 6. The highest BCUT2D eigenvalue weighted by Gasteiger charge is 2.53. The highest BCUT2D eigenvalue weighted by molar-refractivity contribution is 5.77. The van der Waals surface area contributed by atoms with Gasteiger partial charge in [0.1, 0.15) is 5.75 Å². The number of carbonyl (C=O) groups excluding carboxylic acids is 1. The van der Waals surface area contributed by atoms with Gasteiger partial charge in [0.15, 0.2) is 0 Å². The van der Waals surface area contributed by atoms with Crippen molar-refractivity contribution >= 4 is 5.91 Å². The number of methoxy groups -OCH3 is 1. The number of amides is 1. The Balaban J connectivity index is 1.46. The van der Waals surface area contributed by atoms with Gasteiger partial charge in [-0.3, -0.25) is 4.79 Å². The lowest BCUT2D eigenvalue weighted by atomic mass is 9.72. The Morgan fingerprint density at radius 1 is 1.11 bits per heavy atom. The molecule has 1 heterocycles. The van der Waals surface area contributed by atoms with Crippen molar-refractivity contribution in [1.29, 1.82) is 0 Å². The van der Waals surface area contributed by atoms with Crippen LogP contribution in [-0.2, 0) is 14.9 Å². The molecule has 28 heavy (non-hydrogen) atoms. The number of ether oxygens (including phenoxy) is 2. The number of para-hydroxylation sites is 1. The van der Waals surface area contributed by atoms with Gasteiger partial charge < -0.3 is 20.1 Å². The van der Waals surface area contributed by atoms with Crippen LogP contribution in [-0.4, -0.2) is 38.8 Å². The SMILES string of the molecule is CO[C@@H]1[C@@H](NC(=O)CCOc2ccccc2)c2ccccc2C12CCNCC2. The molecule has 1 amide bonds. The van der Waals surface area contributed by atoms with Crippen LogP contribution in [0, 0.1) is 0 Å². The van der Waals surface area contributed by atoms with Gasteiger partial charge in [-0.1, -0.05) is 42.5 Å². The first-order valence-electron chi connectivity index (χ1n) is 10.0. The van der Waals surface area contributed by atoms with E-state index in [1.807, 2.05) is 36.4 Å². The van der Waals surface area contributed by atoms with Gasteiger partial charge in [0.2, 0.25) is 5.91 Å². The molecule has 1 aliphatic heterocycles. The number of nitrogens with one attached hydrogen (secondary N) is 2. The van der Waals surface area contributed by atoms with E-state index in [-0.39, 0.29) is 23.5 Å². The minimum atomic E-state index is -0.122. The summed E-state index contributed by atoms with van der Waals surface area (Å²) in [6.07, 6.45) is 2.31. The van der Waals surface area contributed by atoms with Crippen LogP contribution in [0.15, 0.2) is 54.6 Å². The van der Waals surface area contributed by atoms with Gasteiger partial charge in [0, 0.05) is 12.5 Å². The van der Waals surface area contributed by atoms with Crippen molar-refractivity contribution in [2.75, 3.05) is 26.8 Å². The third kappa shape index (κ3) is 3.52. The molecule has 148 valence electrons. The van der Waals surface area contributed by atoms with Crippen molar-refractivity contribution < 1.29 is 14.3 Å². The Hall–Kier alpha value is -2.37. The fraction of sp³-hybridized carbons (Fsp3) is 0.435. The lowest BCUT2D eigenvalue weighted by Gasteiger charge is -2.40. The average molecular weight is 380 g/mol. The van der Waals surface area contributed by atoms with Crippen LogP contribution in [0.2, 0.25) is 0 Å². The van der Waals surface area contributed by atoms with Crippen LogP contribution < -0.4 is 15.4 Å². The zero-order chi connectivity index (χ0) is 19.4. The average Bonchev–Trinajstić information content (AvgIpc) is 2.98. The smallest absolute Gasteiger partial charge is 0.224 e. The molecule has 4 rings (SSSR count). The van der Waals surface area contributed by atoms with E-state index in [9.17, 15) is 4.79 Å². The van der Waals surface area contributed by atoms with Gasteiger partial charge in [0.25, 0.3) is 0 Å². The summed E-state index contributed by atoms with van der Waals surface area (Å²) in [7, 11) is 1.76. The van der Waals surface area contributed by atoms with Crippen molar-refractivity contribution in [3.8, 4) is 5.75 Å². The van der Waals surface area contributed by atoms with Gasteiger partial charge in [-0.2, -0.15) is 0 Å². The van der Waals surface area contributed by atoms with Crippen molar-refractivity contribution in [2.24, 2.45) is 0 Å². The molecule has 2 N–H and O–H groups in total. The van der Waals surface area contributed by atoms with Crippen LogP contribution in [0.4, 0.5) is 0 Å². The second kappa shape index (κ2) is 8.33. The maximum atomic E-state index is 12.7. The third-order valence-corrected chi connectivity index (χ3v) is 6.09. The summed E-state index contributed by atoms with van der Waals surface area (Å²) in [5.74, 6) is 0.772. The summed E-state index contributed by atoms with van der Waals surface area (Å²) >= 11 is 0. The molecule has 1 saturated heterocycles. The predicted octanol–water partition coefficient (Wildman–Crippen LogP) is 2.96. The molecule has 2 aromatic rings. The molecular weight excluding hydrogens is 352 g/mol. The molecule has 0 aromatic heterocycles. The number of carbonyl (C=O) groups is 1. The van der Waals surface area contributed by atoms with Crippen molar-refractivity contribution in [3.05, 3.63) is 65.7 Å². The second-order valence-corrected chi connectivity index (χ2v) is 7.61. The fourth-order valence-electron chi connectivity index (χ4n) is 4.82. The summed E-state index contributed by atoms with van der Waals surface area (Å²) in [5, 5.41) is 6.68. The first-order valence-corrected chi connectivity index (χ1v) is 10.0. The lowest BCUT2D eigenvalue weighted by Crippen LogP contribution is -2.49. The standard InChI is InChI=1S/C23H28N2O3/c1-27-22-21(25-20(26)11-16-28-17-7-3-2-4-8-17)18-9-5-6-10-19(18)23(22)12-14-24-15-13-23/h2-10,21-22,24H,11-16H2,1H3,(H,25,26)/t21-,22+/m0/s1. The Labute approximate surface area is 166 Å². The van der Waals surface area contributed by atoms with E-state index in [0.717, 1.165) is 31.7 Å². The molecule has 5 heteroatoms. The van der Waals surface area contributed by atoms with Crippen molar-refractivity contribution in [1.82, 2.24) is 10.6 Å². The number of fused-ring (bicyclic) bond motifs is 2. The molecule has 0 saturated carbocycles. The molecule has 2 atom stereocenters. The van der Waals surface area contributed by atoms with Crippen LogP contribution in [0.3, 0.4) is 0 Å². The maximum Gasteiger partial charge on any atom is 0.224 e. The molecule has 0 radical (unpaired) electrons. The summed E-state index contributed by atoms with van der Waals surface area (Å²) in [6, 6.07) is 17.9. The summed E-state index contributed by atoms with van der Waals surface area (Å²) < 4.78 is 11.7. The minimum Gasteiger partial charge on any atom is -0.493 e. The maximum absolute atomic E-state index is 12.7. The topological polar surface area (TPSA) is 59.6 Å². The molecule has 1 fully saturated rings. The van der Waals surface area contributed by atoms with E-state index in [0.29, 0.717) is 13.0 Å². The van der Waals surface area contributed by atoms with E-state index in [1.165, 1.54) is 11.1 Å². The molecule has 0 bridgehead atoms.